The minimum absolute atomic E-state index is 0.0642. The zero-order valence-corrected chi connectivity index (χ0v) is 16.8. The first-order valence-corrected chi connectivity index (χ1v) is 11.5. The van der Waals surface area contributed by atoms with Crippen molar-refractivity contribution in [3.8, 4) is 5.75 Å². The molecule has 5 rings (SSSR count). The quantitative estimate of drug-likeness (QED) is 0.817. The van der Waals surface area contributed by atoms with Gasteiger partial charge in [-0.3, -0.25) is 4.79 Å². The standard InChI is InChI=1S/C19H23N5O4S/c25-18-12-28-16-8-7-13(11-14(16)20-18)29(26,27)24-10-4-1-5-15(24)19-22-21-17-6-2-3-9-23(17)19/h7-8,11,15H,1-6,9-10,12H2,(H,20,25). The summed E-state index contributed by atoms with van der Waals surface area (Å²) in [5.74, 6) is 1.88. The lowest BCUT2D eigenvalue weighted by molar-refractivity contribution is -0.118. The Labute approximate surface area is 169 Å². The van der Waals surface area contributed by atoms with Gasteiger partial charge in [0.05, 0.1) is 16.6 Å². The second kappa shape index (κ2) is 7.10. The maximum Gasteiger partial charge on any atom is 0.262 e. The lowest BCUT2D eigenvalue weighted by atomic mass is 10.0. The third-order valence-corrected chi connectivity index (χ3v) is 7.73. The summed E-state index contributed by atoms with van der Waals surface area (Å²) in [6, 6.07) is 4.29. The van der Waals surface area contributed by atoms with E-state index in [-0.39, 0.29) is 23.5 Å². The Bertz CT molecular complexity index is 1060. The molecule has 0 spiro atoms. The molecule has 4 heterocycles. The van der Waals surface area contributed by atoms with Crippen molar-refractivity contribution in [2.24, 2.45) is 0 Å². The van der Waals surface area contributed by atoms with Crippen LogP contribution in [-0.4, -0.2) is 46.5 Å². The Morgan fingerprint density at radius 3 is 2.86 bits per heavy atom. The number of anilines is 1. The molecule has 0 radical (unpaired) electrons. The number of ether oxygens (including phenoxy) is 1. The average molecular weight is 417 g/mol. The summed E-state index contributed by atoms with van der Waals surface area (Å²) in [5, 5.41) is 11.4. The van der Waals surface area contributed by atoms with Crippen molar-refractivity contribution >= 4 is 21.6 Å². The van der Waals surface area contributed by atoms with Crippen LogP contribution in [0, 0.1) is 0 Å². The summed E-state index contributed by atoms with van der Waals surface area (Å²) in [6.45, 7) is 1.21. The van der Waals surface area contributed by atoms with Gasteiger partial charge in [0.15, 0.2) is 12.4 Å². The molecule has 1 saturated heterocycles. The number of hydrogen-bond donors (Lipinski definition) is 1. The van der Waals surface area contributed by atoms with Gasteiger partial charge in [-0.05, 0) is 43.9 Å². The van der Waals surface area contributed by atoms with E-state index in [1.54, 1.807) is 10.4 Å². The molecule has 1 unspecified atom stereocenters. The van der Waals surface area contributed by atoms with Crippen molar-refractivity contribution in [1.29, 1.82) is 0 Å². The molecule has 10 heteroatoms. The highest BCUT2D eigenvalue weighted by Crippen LogP contribution is 2.38. The number of nitrogens with one attached hydrogen (secondary N) is 1. The van der Waals surface area contributed by atoms with Gasteiger partial charge >= 0.3 is 0 Å². The van der Waals surface area contributed by atoms with Crippen LogP contribution in [0.25, 0.3) is 0 Å². The SMILES string of the molecule is O=C1COc2ccc(S(=O)(=O)N3CCCCC3c3nnc4n3CCCC4)cc2N1. The molecule has 3 aliphatic rings. The minimum atomic E-state index is -3.77. The molecular formula is C19H23N5O4S. The molecule has 1 fully saturated rings. The monoisotopic (exact) mass is 417 g/mol. The number of aromatic nitrogens is 3. The Morgan fingerprint density at radius 2 is 1.97 bits per heavy atom. The van der Waals surface area contributed by atoms with Crippen LogP contribution in [0.15, 0.2) is 23.1 Å². The van der Waals surface area contributed by atoms with Gasteiger partial charge in [0.2, 0.25) is 10.0 Å². The zero-order valence-electron chi connectivity index (χ0n) is 16.0. The van der Waals surface area contributed by atoms with Crippen LogP contribution in [0.5, 0.6) is 5.75 Å². The molecule has 0 saturated carbocycles. The fourth-order valence-corrected chi connectivity index (χ4v) is 6.07. The highest BCUT2D eigenvalue weighted by atomic mass is 32.2. The molecule has 1 N–H and O–H groups in total. The van der Waals surface area contributed by atoms with Crippen LogP contribution in [0.2, 0.25) is 0 Å². The molecule has 3 aliphatic heterocycles. The molecule has 154 valence electrons. The Hall–Kier alpha value is -2.46. The number of fused-ring (bicyclic) bond motifs is 2. The third-order valence-electron chi connectivity index (χ3n) is 5.83. The van der Waals surface area contributed by atoms with Crippen molar-refractivity contribution in [2.75, 3.05) is 18.5 Å². The first-order chi connectivity index (χ1) is 14.0. The molecule has 1 aromatic heterocycles. The van der Waals surface area contributed by atoms with Crippen LogP contribution < -0.4 is 10.1 Å². The first-order valence-electron chi connectivity index (χ1n) is 10.0. The minimum Gasteiger partial charge on any atom is -0.482 e. The van der Waals surface area contributed by atoms with Gasteiger partial charge in [0.1, 0.15) is 11.6 Å². The van der Waals surface area contributed by atoms with Gasteiger partial charge in [-0.25, -0.2) is 8.42 Å². The predicted molar refractivity (Wildman–Crippen MR) is 104 cm³/mol. The summed E-state index contributed by atoms with van der Waals surface area (Å²) < 4.78 is 36.1. The highest BCUT2D eigenvalue weighted by molar-refractivity contribution is 7.89. The molecule has 29 heavy (non-hydrogen) atoms. The van der Waals surface area contributed by atoms with Crippen molar-refractivity contribution in [3.05, 3.63) is 29.8 Å². The Morgan fingerprint density at radius 1 is 1.10 bits per heavy atom. The number of benzene rings is 1. The number of sulfonamides is 1. The van der Waals surface area contributed by atoms with Crippen molar-refractivity contribution in [3.63, 3.8) is 0 Å². The van der Waals surface area contributed by atoms with Crippen LogP contribution in [0.1, 0.15) is 49.8 Å². The smallest absolute Gasteiger partial charge is 0.262 e. The van der Waals surface area contributed by atoms with E-state index < -0.39 is 10.0 Å². The van der Waals surface area contributed by atoms with Gasteiger partial charge in [-0.2, -0.15) is 4.31 Å². The lowest BCUT2D eigenvalue weighted by Gasteiger charge is -2.34. The molecule has 0 bridgehead atoms. The molecule has 9 nitrogen and oxygen atoms in total. The highest BCUT2D eigenvalue weighted by Gasteiger charge is 2.38. The number of rotatable bonds is 3. The topological polar surface area (TPSA) is 106 Å². The fraction of sp³-hybridized carbons (Fsp3) is 0.526. The number of amides is 1. The van der Waals surface area contributed by atoms with Gasteiger partial charge < -0.3 is 14.6 Å². The van der Waals surface area contributed by atoms with Crippen LogP contribution in [0.4, 0.5) is 5.69 Å². The molecule has 1 aromatic carbocycles. The second-order valence-electron chi connectivity index (χ2n) is 7.71. The Balaban J connectivity index is 1.51. The maximum atomic E-state index is 13.5. The third kappa shape index (κ3) is 3.20. The normalized spacial score (nSPS) is 22.3. The van der Waals surface area contributed by atoms with E-state index in [1.165, 1.54) is 12.1 Å². The predicted octanol–water partition coefficient (Wildman–Crippen LogP) is 1.86. The lowest BCUT2D eigenvalue weighted by Crippen LogP contribution is -2.40. The number of hydrogen-bond acceptors (Lipinski definition) is 6. The number of piperidine rings is 1. The van der Waals surface area contributed by atoms with E-state index in [9.17, 15) is 13.2 Å². The van der Waals surface area contributed by atoms with Gasteiger partial charge in [0, 0.05) is 19.5 Å². The number of aryl methyl sites for hydroxylation is 1. The van der Waals surface area contributed by atoms with E-state index in [2.05, 4.69) is 20.1 Å². The van der Waals surface area contributed by atoms with E-state index in [0.29, 0.717) is 18.0 Å². The maximum absolute atomic E-state index is 13.5. The fourth-order valence-electron chi connectivity index (χ4n) is 4.39. The number of carbonyl (C=O) groups excluding carboxylic acids is 1. The molecule has 2 aromatic rings. The first kappa shape index (κ1) is 18.6. The van der Waals surface area contributed by atoms with Crippen LogP contribution in [-0.2, 0) is 27.8 Å². The summed E-state index contributed by atoms with van der Waals surface area (Å²) in [5.41, 5.74) is 0.385. The van der Waals surface area contributed by atoms with E-state index in [1.807, 2.05) is 0 Å². The largest absolute Gasteiger partial charge is 0.482 e. The summed E-state index contributed by atoms with van der Waals surface area (Å²) >= 11 is 0. The molecule has 1 atom stereocenters. The summed E-state index contributed by atoms with van der Waals surface area (Å²) in [6.07, 6.45) is 5.52. The molecule has 0 aliphatic carbocycles. The van der Waals surface area contributed by atoms with E-state index in [0.717, 1.165) is 56.7 Å². The second-order valence-corrected chi connectivity index (χ2v) is 9.60. The van der Waals surface area contributed by atoms with Crippen LogP contribution >= 0.6 is 0 Å². The molecular weight excluding hydrogens is 394 g/mol. The number of carbonyl (C=O) groups is 1. The van der Waals surface area contributed by atoms with Crippen molar-refractivity contribution in [1.82, 2.24) is 19.1 Å². The van der Waals surface area contributed by atoms with Crippen molar-refractivity contribution < 1.29 is 17.9 Å². The molecule has 1 amide bonds. The van der Waals surface area contributed by atoms with Crippen molar-refractivity contribution in [2.45, 2.75) is 56.0 Å². The Kier molecular flexibility index (Phi) is 4.54. The number of nitrogens with zero attached hydrogens (tertiary/aromatic N) is 4. The van der Waals surface area contributed by atoms with Gasteiger partial charge in [0.25, 0.3) is 5.91 Å². The van der Waals surface area contributed by atoms with Gasteiger partial charge in [-0.15, -0.1) is 10.2 Å². The van der Waals surface area contributed by atoms with E-state index >= 15 is 0 Å². The average Bonchev–Trinajstić information content (AvgIpc) is 3.17. The van der Waals surface area contributed by atoms with Gasteiger partial charge in [-0.1, -0.05) is 6.42 Å². The zero-order chi connectivity index (χ0) is 20.0. The summed E-state index contributed by atoms with van der Waals surface area (Å²) in [7, 11) is -3.77. The summed E-state index contributed by atoms with van der Waals surface area (Å²) in [4.78, 5) is 11.8. The van der Waals surface area contributed by atoms with E-state index in [4.69, 9.17) is 4.74 Å². The van der Waals surface area contributed by atoms with Crippen LogP contribution in [0.3, 0.4) is 0 Å².